The summed E-state index contributed by atoms with van der Waals surface area (Å²) in [6.45, 7) is 4.50. The summed E-state index contributed by atoms with van der Waals surface area (Å²) in [7, 11) is 0. The molecule has 0 spiro atoms. The van der Waals surface area contributed by atoms with Gasteiger partial charge in [0.1, 0.15) is 6.10 Å². The fourth-order valence-corrected chi connectivity index (χ4v) is 3.56. The Kier molecular flexibility index (Phi) is 5.51. The fourth-order valence-electron chi connectivity index (χ4n) is 3.56. The van der Waals surface area contributed by atoms with Crippen LogP contribution in [-0.4, -0.2) is 34.6 Å². The van der Waals surface area contributed by atoms with Crippen LogP contribution >= 0.6 is 0 Å². The summed E-state index contributed by atoms with van der Waals surface area (Å²) in [6.07, 6.45) is -0.846. The molecule has 25 heavy (non-hydrogen) atoms. The van der Waals surface area contributed by atoms with Crippen LogP contribution in [0.25, 0.3) is 0 Å². The van der Waals surface area contributed by atoms with Gasteiger partial charge in [-0.3, -0.25) is 4.79 Å². The summed E-state index contributed by atoms with van der Waals surface area (Å²) in [5, 5.41) is 10.4. The third kappa shape index (κ3) is 3.91. The Labute approximate surface area is 149 Å². The molecule has 0 aromatic heterocycles. The van der Waals surface area contributed by atoms with Crippen LogP contribution in [-0.2, 0) is 9.53 Å². The van der Waals surface area contributed by atoms with Gasteiger partial charge in [0, 0.05) is 0 Å². The molecule has 1 saturated heterocycles. The average molecular weight is 339 g/mol. The van der Waals surface area contributed by atoms with Gasteiger partial charge in [-0.1, -0.05) is 60.7 Å². The van der Waals surface area contributed by atoms with E-state index in [1.807, 2.05) is 79.4 Å². The molecule has 1 aliphatic rings. The second kappa shape index (κ2) is 7.81. The molecular weight excluding hydrogens is 314 g/mol. The van der Waals surface area contributed by atoms with Crippen molar-refractivity contribution in [2.24, 2.45) is 0 Å². The van der Waals surface area contributed by atoms with Crippen LogP contribution in [0.15, 0.2) is 60.7 Å². The summed E-state index contributed by atoms with van der Waals surface area (Å²) in [5.74, 6) is -0.0411. The predicted octanol–water partition coefficient (Wildman–Crippen LogP) is 3.49. The van der Waals surface area contributed by atoms with Crippen LogP contribution in [0.2, 0.25) is 0 Å². The molecule has 132 valence electrons. The normalized spacial score (nSPS) is 24.8. The van der Waals surface area contributed by atoms with E-state index in [4.69, 9.17) is 4.74 Å². The third-order valence-electron chi connectivity index (χ3n) is 4.84. The van der Waals surface area contributed by atoms with Gasteiger partial charge in [0.2, 0.25) is 5.91 Å². The van der Waals surface area contributed by atoms with E-state index in [0.717, 1.165) is 11.1 Å². The molecule has 4 heteroatoms. The zero-order valence-electron chi connectivity index (χ0n) is 14.7. The molecular formula is C21H25NO3. The Hall–Kier alpha value is -2.17. The highest BCUT2D eigenvalue weighted by Gasteiger charge is 2.37. The Balaban J connectivity index is 1.73. The molecule has 1 N–H and O–H groups in total. The molecule has 3 rings (SSSR count). The Morgan fingerprint density at radius 2 is 1.72 bits per heavy atom. The number of aliphatic hydroxyl groups is 1. The SMILES string of the molecule is CC1COC(c2ccccc2)C(C)N1C(=O)CC(O)c1ccccc1. The van der Waals surface area contributed by atoms with Gasteiger partial charge >= 0.3 is 0 Å². The number of hydrogen-bond donors (Lipinski definition) is 1. The highest BCUT2D eigenvalue weighted by Crippen LogP contribution is 2.32. The first-order chi connectivity index (χ1) is 12.1. The van der Waals surface area contributed by atoms with Crippen molar-refractivity contribution in [2.75, 3.05) is 6.61 Å². The van der Waals surface area contributed by atoms with Gasteiger partial charge in [-0.05, 0) is 25.0 Å². The first-order valence-corrected chi connectivity index (χ1v) is 8.78. The third-order valence-corrected chi connectivity index (χ3v) is 4.84. The number of hydrogen-bond acceptors (Lipinski definition) is 3. The van der Waals surface area contributed by atoms with E-state index in [-0.39, 0.29) is 30.5 Å². The number of nitrogens with zero attached hydrogens (tertiary/aromatic N) is 1. The number of aliphatic hydroxyl groups excluding tert-OH is 1. The van der Waals surface area contributed by atoms with Crippen LogP contribution in [0.5, 0.6) is 0 Å². The Bertz CT molecular complexity index is 689. The molecule has 4 atom stereocenters. The van der Waals surface area contributed by atoms with Crippen molar-refractivity contribution < 1.29 is 14.6 Å². The van der Waals surface area contributed by atoms with Gasteiger partial charge in [-0.15, -0.1) is 0 Å². The molecule has 1 heterocycles. The zero-order valence-corrected chi connectivity index (χ0v) is 14.7. The molecule has 0 saturated carbocycles. The summed E-state index contributed by atoms with van der Waals surface area (Å²) < 4.78 is 6.00. The summed E-state index contributed by atoms with van der Waals surface area (Å²) >= 11 is 0. The highest BCUT2D eigenvalue weighted by atomic mass is 16.5. The second-order valence-corrected chi connectivity index (χ2v) is 6.69. The standard InChI is InChI=1S/C21H25NO3/c1-15-14-25-21(18-11-7-4-8-12-18)16(2)22(15)20(24)13-19(23)17-9-5-3-6-10-17/h3-12,15-16,19,21,23H,13-14H2,1-2H3. The van der Waals surface area contributed by atoms with E-state index in [1.54, 1.807) is 0 Å². The maximum Gasteiger partial charge on any atom is 0.226 e. The first-order valence-electron chi connectivity index (χ1n) is 8.78. The minimum atomic E-state index is -0.786. The van der Waals surface area contributed by atoms with E-state index < -0.39 is 6.10 Å². The Morgan fingerprint density at radius 1 is 1.12 bits per heavy atom. The van der Waals surface area contributed by atoms with E-state index in [1.165, 1.54) is 0 Å². The van der Waals surface area contributed by atoms with Crippen molar-refractivity contribution in [1.29, 1.82) is 0 Å². The smallest absolute Gasteiger partial charge is 0.226 e. The first kappa shape index (κ1) is 17.6. The van der Waals surface area contributed by atoms with Crippen LogP contribution in [0.4, 0.5) is 0 Å². The summed E-state index contributed by atoms with van der Waals surface area (Å²) in [4.78, 5) is 14.8. The number of carbonyl (C=O) groups is 1. The van der Waals surface area contributed by atoms with Gasteiger partial charge < -0.3 is 14.7 Å². The van der Waals surface area contributed by atoms with E-state index in [2.05, 4.69) is 0 Å². The molecule has 0 aliphatic carbocycles. The van der Waals surface area contributed by atoms with E-state index >= 15 is 0 Å². The molecule has 1 amide bonds. The predicted molar refractivity (Wildman–Crippen MR) is 96.9 cm³/mol. The lowest BCUT2D eigenvalue weighted by atomic mass is 9.97. The maximum atomic E-state index is 12.9. The number of amides is 1. The number of carbonyl (C=O) groups excluding carboxylic acids is 1. The van der Waals surface area contributed by atoms with Crippen molar-refractivity contribution >= 4 is 5.91 Å². The minimum Gasteiger partial charge on any atom is -0.388 e. The van der Waals surface area contributed by atoms with Crippen LogP contribution in [0.3, 0.4) is 0 Å². The quantitative estimate of drug-likeness (QED) is 0.928. The van der Waals surface area contributed by atoms with Gasteiger partial charge in [0.05, 0.1) is 31.2 Å². The molecule has 4 unspecified atom stereocenters. The molecule has 0 bridgehead atoms. The van der Waals surface area contributed by atoms with Crippen molar-refractivity contribution in [3.8, 4) is 0 Å². The number of morpholine rings is 1. The van der Waals surface area contributed by atoms with Gasteiger partial charge in [-0.2, -0.15) is 0 Å². The maximum absolute atomic E-state index is 12.9. The lowest BCUT2D eigenvalue weighted by Crippen LogP contribution is -2.53. The van der Waals surface area contributed by atoms with E-state index in [0.29, 0.717) is 6.61 Å². The van der Waals surface area contributed by atoms with Crippen LogP contribution < -0.4 is 0 Å². The molecule has 2 aromatic rings. The largest absolute Gasteiger partial charge is 0.388 e. The second-order valence-electron chi connectivity index (χ2n) is 6.69. The number of ether oxygens (including phenoxy) is 1. The van der Waals surface area contributed by atoms with Crippen LogP contribution in [0.1, 0.15) is 43.6 Å². The van der Waals surface area contributed by atoms with Gasteiger partial charge in [0.25, 0.3) is 0 Å². The highest BCUT2D eigenvalue weighted by molar-refractivity contribution is 5.77. The van der Waals surface area contributed by atoms with Gasteiger partial charge in [-0.25, -0.2) is 0 Å². The van der Waals surface area contributed by atoms with Crippen molar-refractivity contribution in [3.05, 3.63) is 71.8 Å². The van der Waals surface area contributed by atoms with Crippen molar-refractivity contribution in [1.82, 2.24) is 4.90 Å². The number of benzene rings is 2. The molecule has 1 aliphatic heterocycles. The lowest BCUT2D eigenvalue weighted by molar-refractivity contribution is -0.155. The topological polar surface area (TPSA) is 49.8 Å². The summed E-state index contributed by atoms with van der Waals surface area (Å²) in [5.41, 5.74) is 1.84. The molecule has 4 nitrogen and oxygen atoms in total. The fraction of sp³-hybridized carbons (Fsp3) is 0.381. The summed E-state index contributed by atoms with van der Waals surface area (Å²) in [6, 6.07) is 19.2. The van der Waals surface area contributed by atoms with E-state index in [9.17, 15) is 9.90 Å². The monoisotopic (exact) mass is 339 g/mol. The Morgan fingerprint density at radius 3 is 2.36 bits per heavy atom. The average Bonchev–Trinajstić information content (AvgIpc) is 2.63. The molecule has 0 radical (unpaired) electrons. The zero-order chi connectivity index (χ0) is 17.8. The number of rotatable bonds is 4. The van der Waals surface area contributed by atoms with Crippen molar-refractivity contribution in [3.63, 3.8) is 0 Å². The van der Waals surface area contributed by atoms with Crippen molar-refractivity contribution in [2.45, 2.75) is 44.6 Å². The molecule has 2 aromatic carbocycles. The van der Waals surface area contributed by atoms with Crippen LogP contribution in [0, 0.1) is 0 Å². The minimum absolute atomic E-state index is 0.00886. The lowest BCUT2D eigenvalue weighted by Gasteiger charge is -2.44. The van der Waals surface area contributed by atoms with Gasteiger partial charge in [0.15, 0.2) is 0 Å². The molecule has 1 fully saturated rings.